The van der Waals surface area contributed by atoms with Crippen molar-refractivity contribution < 1.29 is 29.3 Å². The molecule has 2 rings (SSSR count). The van der Waals surface area contributed by atoms with Crippen molar-refractivity contribution in [3.63, 3.8) is 0 Å². The number of hydrogen-bond acceptors (Lipinski definition) is 6. The fraction of sp³-hybridized carbons (Fsp3) is 0.632. The van der Waals surface area contributed by atoms with Gasteiger partial charge in [-0.05, 0) is 81.7 Å². The van der Waals surface area contributed by atoms with Gasteiger partial charge in [0.25, 0.3) is 0 Å². The van der Waals surface area contributed by atoms with Crippen LogP contribution in [0.25, 0.3) is 0 Å². The highest BCUT2D eigenvalue weighted by atomic mass is 16.6. The Hall–Kier alpha value is -3.02. The summed E-state index contributed by atoms with van der Waals surface area (Å²) in [5.74, 6) is -0.115. The maximum absolute atomic E-state index is 12.8. The average Bonchev–Trinajstić information content (AvgIpc) is 2.83. The van der Waals surface area contributed by atoms with Gasteiger partial charge in [-0.3, -0.25) is 9.59 Å². The van der Waals surface area contributed by atoms with Crippen molar-refractivity contribution in [2.24, 2.45) is 0 Å². The third kappa shape index (κ3) is 10.3. The molecule has 0 amide bonds. The third-order valence-corrected chi connectivity index (χ3v) is 7.78. The van der Waals surface area contributed by atoms with Crippen LogP contribution in [-0.4, -0.2) is 34.4 Å². The molecule has 44 heavy (non-hydrogen) atoms. The minimum Gasteiger partial charge on any atom is -0.507 e. The lowest BCUT2D eigenvalue weighted by Gasteiger charge is -2.28. The van der Waals surface area contributed by atoms with E-state index in [9.17, 15) is 19.8 Å². The largest absolute Gasteiger partial charge is 0.507 e. The summed E-state index contributed by atoms with van der Waals surface area (Å²) in [6, 6.07) is 7.92. The number of carbonyl (C=O) groups is 2. The molecule has 0 saturated heterocycles. The topological polar surface area (TPSA) is 93.1 Å². The zero-order valence-electron chi connectivity index (χ0n) is 29.9. The van der Waals surface area contributed by atoms with Crippen molar-refractivity contribution in [1.82, 2.24) is 0 Å². The number of carbonyl (C=O) groups excluding carboxylic acids is 2. The molecular weight excluding hydrogens is 552 g/mol. The minimum absolute atomic E-state index is 0.0464. The van der Waals surface area contributed by atoms with E-state index in [-0.39, 0.29) is 53.0 Å². The maximum Gasteiger partial charge on any atom is 0.306 e. The molecule has 0 heterocycles. The van der Waals surface area contributed by atoms with Crippen LogP contribution in [0.5, 0.6) is 11.5 Å². The van der Waals surface area contributed by atoms with Gasteiger partial charge in [0.2, 0.25) is 0 Å². The van der Waals surface area contributed by atoms with Crippen LogP contribution in [0.4, 0.5) is 0 Å². The van der Waals surface area contributed by atoms with Crippen LogP contribution >= 0.6 is 0 Å². The second kappa shape index (κ2) is 13.1. The molecule has 6 nitrogen and oxygen atoms in total. The van der Waals surface area contributed by atoms with E-state index < -0.39 is 5.60 Å². The fourth-order valence-electron chi connectivity index (χ4n) is 5.17. The summed E-state index contributed by atoms with van der Waals surface area (Å²) in [4.78, 5) is 25.5. The Morgan fingerprint density at radius 3 is 1.14 bits per heavy atom. The van der Waals surface area contributed by atoms with Crippen LogP contribution < -0.4 is 0 Å². The lowest BCUT2D eigenvalue weighted by atomic mass is 9.78. The zero-order chi connectivity index (χ0) is 34.1. The summed E-state index contributed by atoms with van der Waals surface area (Å²) in [6.07, 6.45) is 1.30. The van der Waals surface area contributed by atoms with E-state index in [0.717, 1.165) is 33.4 Å². The summed E-state index contributed by atoms with van der Waals surface area (Å²) in [5, 5.41) is 21.9. The van der Waals surface area contributed by atoms with E-state index in [2.05, 4.69) is 83.1 Å². The molecule has 0 unspecified atom stereocenters. The molecular formula is C38H58O6. The van der Waals surface area contributed by atoms with Crippen molar-refractivity contribution in [3.05, 3.63) is 57.6 Å². The van der Waals surface area contributed by atoms with Crippen molar-refractivity contribution in [2.75, 3.05) is 6.61 Å². The Morgan fingerprint density at radius 1 is 0.545 bits per heavy atom. The number of ether oxygens (including phenoxy) is 2. The molecule has 0 radical (unpaired) electrons. The van der Waals surface area contributed by atoms with Gasteiger partial charge in [0, 0.05) is 12.8 Å². The summed E-state index contributed by atoms with van der Waals surface area (Å²) in [6.45, 7) is 28.2. The van der Waals surface area contributed by atoms with Crippen LogP contribution in [0.1, 0.15) is 143 Å². The predicted octanol–water partition coefficient (Wildman–Crippen LogP) is 8.72. The van der Waals surface area contributed by atoms with Crippen LogP contribution in [0.15, 0.2) is 24.3 Å². The van der Waals surface area contributed by atoms with Gasteiger partial charge in [-0.2, -0.15) is 0 Å². The smallest absolute Gasteiger partial charge is 0.306 e. The van der Waals surface area contributed by atoms with Gasteiger partial charge in [-0.15, -0.1) is 0 Å². The summed E-state index contributed by atoms with van der Waals surface area (Å²) < 4.78 is 11.3. The molecule has 0 bridgehead atoms. The lowest BCUT2D eigenvalue weighted by Crippen LogP contribution is -2.34. The minimum atomic E-state index is -0.980. The second-order valence-corrected chi connectivity index (χ2v) is 17.0. The molecule has 0 fully saturated rings. The number of aryl methyl sites for hydroxylation is 2. The molecule has 0 atom stereocenters. The Balaban J connectivity index is 2.02. The second-order valence-electron chi connectivity index (χ2n) is 17.0. The van der Waals surface area contributed by atoms with E-state index in [1.54, 1.807) is 13.8 Å². The van der Waals surface area contributed by atoms with Gasteiger partial charge < -0.3 is 19.7 Å². The van der Waals surface area contributed by atoms with Gasteiger partial charge in [0.15, 0.2) is 0 Å². The van der Waals surface area contributed by atoms with E-state index >= 15 is 0 Å². The standard InChI is InChI=1S/C38H58O6/c1-34(2,3)26-19-24(20-27(32(26)41)35(4,5)6)15-17-30(39)43-23-38(13,14)44-31(40)18-16-25-21-28(36(7,8)9)33(42)29(22-25)37(10,11)12/h19-22,41-42H,15-18,23H2,1-14H3. The maximum atomic E-state index is 12.8. The monoisotopic (exact) mass is 610 g/mol. The molecule has 246 valence electrons. The molecule has 0 aliphatic rings. The van der Waals surface area contributed by atoms with Crippen molar-refractivity contribution >= 4 is 11.9 Å². The summed E-state index contributed by atoms with van der Waals surface area (Å²) in [5.41, 5.74) is 3.39. The molecule has 2 N–H and O–H groups in total. The SMILES string of the molecule is CC(C)(COC(=O)CCc1cc(C(C)(C)C)c(O)c(C(C)(C)C)c1)OC(=O)CCc1cc(C(C)(C)C)c(O)c(C(C)(C)C)c1. The quantitative estimate of drug-likeness (QED) is 0.276. The highest BCUT2D eigenvalue weighted by molar-refractivity contribution is 5.71. The Bertz CT molecular complexity index is 1270. The first-order chi connectivity index (χ1) is 19.7. The normalized spacial score (nSPS) is 13.1. The van der Waals surface area contributed by atoms with E-state index in [1.807, 2.05) is 24.3 Å². The first-order valence-corrected chi connectivity index (χ1v) is 15.8. The number of esters is 2. The Morgan fingerprint density at radius 2 is 0.841 bits per heavy atom. The highest BCUT2D eigenvalue weighted by Crippen LogP contribution is 2.41. The third-order valence-electron chi connectivity index (χ3n) is 7.78. The molecule has 0 aliphatic heterocycles. The lowest BCUT2D eigenvalue weighted by molar-refractivity contribution is -0.168. The van der Waals surface area contributed by atoms with Crippen LogP contribution in [0.2, 0.25) is 0 Å². The molecule has 0 saturated carbocycles. The van der Waals surface area contributed by atoms with Gasteiger partial charge in [0.05, 0.1) is 0 Å². The first-order valence-electron chi connectivity index (χ1n) is 15.8. The number of benzene rings is 2. The Kier molecular flexibility index (Phi) is 11.1. The van der Waals surface area contributed by atoms with Crippen molar-refractivity contribution in [2.45, 2.75) is 150 Å². The number of hydrogen-bond donors (Lipinski definition) is 2. The van der Waals surface area contributed by atoms with E-state index in [1.165, 1.54) is 0 Å². The number of aromatic hydroxyl groups is 2. The van der Waals surface area contributed by atoms with Gasteiger partial charge in [-0.25, -0.2) is 0 Å². The fourth-order valence-corrected chi connectivity index (χ4v) is 5.17. The van der Waals surface area contributed by atoms with E-state index in [0.29, 0.717) is 24.3 Å². The van der Waals surface area contributed by atoms with Gasteiger partial charge in [0.1, 0.15) is 23.7 Å². The molecule has 0 aliphatic carbocycles. The molecule has 6 heteroatoms. The van der Waals surface area contributed by atoms with Crippen LogP contribution in [-0.2, 0) is 53.6 Å². The Labute approximate surface area is 266 Å². The zero-order valence-corrected chi connectivity index (χ0v) is 29.9. The van der Waals surface area contributed by atoms with Crippen LogP contribution in [0.3, 0.4) is 0 Å². The number of rotatable bonds is 9. The molecule has 2 aromatic rings. The molecule has 0 aromatic heterocycles. The van der Waals surface area contributed by atoms with Crippen LogP contribution in [0, 0.1) is 0 Å². The van der Waals surface area contributed by atoms with E-state index in [4.69, 9.17) is 9.47 Å². The van der Waals surface area contributed by atoms with Gasteiger partial charge >= 0.3 is 11.9 Å². The average molecular weight is 611 g/mol. The number of phenolic OH excluding ortho intramolecular Hbond substituents is 2. The van der Waals surface area contributed by atoms with Crippen molar-refractivity contribution in [3.8, 4) is 11.5 Å². The highest BCUT2D eigenvalue weighted by Gasteiger charge is 2.29. The molecule has 2 aromatic carbocycles. The van der Waals surface area contributed by atoms with Gasteiger partial charge in [-0.1, -0.05) is 107 Å². The molecule has 0 spiro atoms. The predicted molar refractivity (Wildman–Crippen MR) is 179 cm³/mol. The summed E-state index contributed by atoms with van der Waals surface area (Å²) >= 11 is 0. The first kappa shape index (κ1) is 37.2. The number of phenols is 2. The van der Waals surface area contributed by atoms with Crippen molar-refractivity contribution in [1.29, 1.82) is 0 Å². The summed E-state index contributed by atoms with van der Waals surface area (Å²) in [7, 11) is 0.